The van der Waals surface area contributed by atoms with Crippen molar-refractivity contribution in [2.24, 2.45) is 0 Å². The molecule has 114 valence electrons. The van der Waals surface area contributed by atoms with E-state index in [1.54, 1.807) is 38.1 Å². The van der Waals surface area contributed by atoms with Gasteiger partial charge in [-0.3, -0.25) is 0 Å². The largest absolute Gasteiger partial charge is 0.508 e. The van der Waals surface area contributed by atoms with Gasteiger partial charge in [-0.1, -0.05) is 38.1 Å². The van der Waals surface area contributed by atoms with Crippen molar-refractivity contribution in [3.8, 4) is 11.5 Å². The first-order valence-corrected chi connectivity index (χ1v) is 7.00. The second-order valence-electron chi connectivity index (χ2n) is 5.81. The van der Waals surface area contributed by atoms with Gasteiger partial charge in [-0.2, -0.15) is 0 Å². The third-order valence-electron chi connectivity index (χ3n) is 3.18. The molecule has 0 fully saturated rings. The van der Waals surface area contributed by atoms with Crippen molar-refractivity contribution in [3.63, 3.8) is 0 Å². The van der Waals surface area contributed by atoms with Gasteiger partial charge in [-0.15, -0.1) is 0 Å². The Morgan fingerprint density at radius 1 is 0.714 bits per heavy atom. The predicted molar refractivity (Wildman–Crippen MR) is 85.7 cm³/mol. The highest BCUT2D eigenvalue weighted by Crippen LogP contribution is 2.32. The van der Waals surface area contributed by atoms with E-state index in [4.69, 9.17) is 5.11 Å². The highest BCUT2D eigenvalue weighted by atomic mass is 16.3. The third kappa shape index (κ3) is 5.12. The molecular weight excluding hydrogens is 264 g/mol. The average molecular weight is 288 g/mol. The summed E-state index contributed by atoms with van der Waals surface area (Å²) in [5.41, 5.74) is 2.10. The molecule has 3 N–H and O–H groups in total. The Kier molecular flexibility index (Phi) is 5.79. The lowest BCUT2D eigenvalue weighted by atomic mass is 9.78. The van der Waals surface area contributed by atoms with Gasteiger partial charge in [0.25, 0.3) is 0 Å². The van der Waals surface area contributed by atoms with Crippen LogP contribution >= 0.6 is 0 Å². The molecule has 2 aromatic carbocycles. The molecule has 3 heteroatoms. The van der Waals surface area contributed by atoms with Crippen LogP contribution in [0.4, 0.5) is 0 Å². The van der Waals surface area contributed by atoms with Crippen LogP contribution < -0.4 is 0 Å². The number of rotatable bonds is 2. The molecule has 0 radical (unpaired) electrons. The maximum absolute atomic E-state index is 9.30. The molecule has 0 unspecified atom stereocenters. The van der Waals surface area contributed by atoms with Crippen LogP contribution in [0.3, 0.4) is 0 Å². The van der Waals surface area contributed by atoms with E-state index in [9.17, 15) is 10.2 Å². The van der Waals surface area contributed by atoms with Gasteiger partial charge in [0.15, 0.2) is 0 Å². The molecule has 0 atom stereocenters. The number of aromatic hydroxyl groups is 2. The van der Waals surface area contributed by atoms with Crippen LogP contribution in [-0.4, -0.2) is 21.4 Å². The van der Waals surface area contributed by atoms with Crippen LogP contribution in [0.5, 0.6) is 11.5 Å². The normalized spacial score (nSPS) is 11.0. The van der Waals surface area contributed by atoms with Crippen molar-refractivity contribution in [1.82, 2.24) is 0 Å². The van der Waals surface area contributed by atoms with Gasteiger partial charge < -0.3 is 15.3 Å². The summed E-state index contributed by atoms with van der Waals surface area (Å²) >= 11 is 0. The van der Waals surface area contributed by atoms with Crippen molar-refractivity contribution < 1.29 is 15.3 Å². The first-order valence-electron chi connectivity index (χ1n) is 7.00. The monoisotopic (exact) mass is 288 g/mol. The second-order valence-corrected chi connectivity index (χ2v) is 5.81. The molecule has 0 aromatic heterocycles. The fraction of sp³-hybridized carbons (Fsp3) is 0.333. The maximum atomic E-state index is 9.30. The quantitative estimate of drug-likeness (QED) is 0.787. The summed E-state index contributed by atoms with van der Waals surface area (Å²) in [5, 5.41) is 26.6. The summed E-state index contributed by atoms with van der Waals surface area (Å²) < 4.78 is 0. The Bertz CT molecular complexity index is 489. The third-order valence-corrected chi connectivity index (χ3v) is 3.18. The van der Waals surface area contributed by atoms with Crippen molar-refractivity contribution in [1.29, 1.82) is 0 Å². The van der Waals surface area contributed by atoms with Crippen molar-refractivity contribution in [2.75, 3.05) is 0 Å². The molecule has 0 aliphatic rings. The Hall–Kier alpha value is -2.00. The van der Waals surface area contributed by atoms with Crippen molar-refractivity contribution in [2.45, 2.75) is 39.2 Å². The summed E-state index contributed by atoms with van der Waals surface area (Å²) in [6, 6.07) is 14.4. The number of hydrogen-bond donors (Lipinski definition) is 3. The summed E-state index contributed by atoms with van der Waals surface area (Å²) in [4.78, 5) is 0. The molecule has 0 saturated heterocycles. The van der Waals surface area contributed by atoms with Crippen LogP contribution in [0.25, 0.3) is 0 Å². The van der Waals surface area contributed by atoms with Crippen LogP contribution in [-0.2, 0) is 5.41 Å². The molecule has 2 rings (SSSR count). The highest BCUT2D eigenvalue weighted by molar-refractivity contribution is 5.41. The van der Waals surface area contributed by atoms with Gasteiger partial charge in [0, 0.05) is 11.5 Å². The minimum Gasteiger partial charge on any atom is -0.508 e. The first-order chi connectivity index (χ1) is 9.73. The Balaban J connectivity index is 0.000000491. The molecule has 2 aromatic rings. The minimum atomic E-state index is -0.167. The van der Waals surface area contributed by atoms with Gasteiger partial charge in [0.2, 0.25) is 0 Å². The van der Waals surface area contributed by atoms with E-state index in [1.807, 2.05) is 24.3 Å². The number of benzene rings is 2. The highest BCUT2D eigenvalue weighted by Gasteiger charge is 2.22. The van der Waals surface area contributed by atoms with E-state index in [0.717, 1.165) is 11.1 Å². The van der Waals surface area contributed by atoms with Gasteiger partial charge in [0.05, 0.1) is 0 Å². The number of hydrogen-bond acceptors (Lipinski definition) is 3. The second kappa shape index (κ2) is 7.14. The SMILES string of the molecule is CC(C)(c1ccc(O)cc1)c1ccc(O)cc1.CC(C)O. The fourth-order valence-corrected chi connectivity index (χ4v) is 1.92. The van der Waals surface area contributed by atoms with Gasteiger partial charge in [-0.25, -0.2) is 0 Å². The zero-order valence-corrected chi connectivity index (χ0v) is 13.0. The molecule has 0 amide bonds. The number of aliphatic hydroxyl groups is 1. The lowest BCUT2D eigenvalue weighted by molar-refractivity contribution is 0.216. The maximum Gasteiger partial charge on any atom is 0.115 e. The predicted octanol–water partition coefficient (Wildman–Crippen LogP) is 3.81. The molecule has 0 bridgehead atoms. The van der Waals surface area contributed by atoms with E-state index in [-0.39, 0.29) is 23.0 Å². The number of aliphatic hydroxyl groups excluding tert-OH is 1. The van der Waals surface area contributed by atoms with Crippen LogP contribution in [0, 0.1) is 0 Å². The zero-order valence-electron chi connectivity index (χ0n) is 13.0. The van der Waals surface area contributed by atoms with E-state index < -0.39 is 0 Å². The van der Waals surface area contributed by atoms with E-state index in [0.29, 0.717) is 0 Å². The smallest absolute Gasteiger partial charge is 0.115 e. The Morgan fingerprint density at radius 2 is 0.952 bits per heavy atom. The average Bonchev–Trinajstić information content (AvgIpc) is 2.39. The minimum absolute atomic E-state index is 0.151. The molecule has 0 heterocycles. The fourth-order valence-electron chi connectivity index (χ4n) is 1.92. The Labute approximate surface area is 126 Å². The van der Waals surface area contributed by atoms with E-state index in [1.165, 1.54) is 0 Å². The summed E-state index contributed by atoms with van der Waals surface area (Å²) in [6.45, 7) is 7.68. The number of phenols is 2. The molecule has 21 heavy (non-hydrogen) atoms. The number of phenolic OH excluding ortho intramolecular Hbond substituents is 2. The molecular formula is C18H24O3. The van der Waals surface area contributed by atoms with E-state index in [2.05, 4.69) is 13.8 Å². The summed E-state index contributed by atoms with van der Waals surface area (Å²) in [7, 11) is 0. The Morgan fingerprint density at radius 3 is 1.19 bits per heavy atom. The van der Waals surface area contributed by atoms with Gasteiger partial charge in [0.1, 0.15) is 11.5 Å². The zero-order chi connectivity index (χ0) is 16.0. The molecule has 0 spiro atoms. The molecule has 0 aliphatic carbocycles. The molecule has 0 saturated carbocycles. The molecule has 3 nitrogen and oxygen atoms in total. The van der Waals surface area contributed by atoms with Crippen LogP contribution in [0.15, 0.2) is 48.5 Å². The van der Waals surface area contributed by atoms with Gasteiger partial charge >= 0.3 is 0 Å². The van der Waals surface area contributed by atoms with Gasteiger partial charge in [-0.05, 0) is 49.2 Å². The first kappa shape index (κ1) is 17.1. The summed E-state index contributed by atoms with van der Waals surface area (Å²) in [6.07, 6.45) is -0.167. The van der Waals surface area contributed by atoms with Crippen LogP contribution in [0.2, 0.25) is 0 Å². The lowest BCUT2D eigenvalue weighted by Crippen LogP contribution is -2.18. The summed E-state index contributed by atoms with van der Waals surface area (Å²) in [5.74, 6) is 0.547. The molecule has 0 aliphatic heterocycles. The standard InChI is InChI=1S/C15H16O2.C3H8O/c1-15(2,11-3-7-13(16)8-4-11)12-5-9-14(17)10-6-12;1-3(2)4/h3-10,16-17H,1-2H3;3-4H,1-2H3. The van der Waals surface area contributed by atoms with Crippen molar-refractivity contribution in [3.05, 3.63) is 59.7 Å². The van der Waals surface area contributed by atoms with E-state index >= 15 is 0 Å². The van der Waals surface area contributed by atoms with Crippen molar-refractivity contribution >= 4 is 0 Å². The topological polar surface area (TPSA) is 60.7 Å². The lowest BCUT2D eigenvalue weighted by Gasteiger charge is -2.26. The van der Waals surface area contributed by atoms with Crippen LogP contribution in [0.1, 0.15) is 38.8 Å².